The van der Waals surface area contributed by atoms with Crippen molar-refractivity contribution in [2.24, 2.45) is 5.73 Å². The summed E-state index contributed by atoms with van der Waals surface area (Å²) in [6.45, 7) is 2.25. The maximum absolute atomic E-state index is 12.2. The number of anilines is 1. The highest BCUT2D eigenvalue weighted by atomic mass is 32.1. The van der Waals surface area contributed by atoms with Gasteiger partial charge >= 0.3 is 5.97 Å². The van der Waals surface area contributed by atoms with Gasteiger partial charge in [0.2, 0.25) is 5.91 Å². The van der Waals surface area contributed by atoms with Crippen LogP contribution in [0.3, 0.4) is 0 Å². The van der Waals surface area contributed by atoms with Crippen molar-refractivity contribution in [3.63, 3.8) is 0 Å². The molecule has 2 atom stereocenters. The molecule has 1 aromatic carbocycles. The lowest BCUT2D eigenvalue weighted by molar-refractivity contribution is -0.140. The number of thiophene rings is 1. The normalized spacial score (nSPS) is 13.1. The lowest BCUT2D eigenvalue weighted by atomic mass is 10.1. The molecule has 0 aliphatic heterocycles. The number of carboxylic acids is 1. The zero-order valence-electron chi connectivity index (χ0n) is 17.7. The van der Waals surface area contributed by atoms with Crippen LogP contribution in [0.15, 0.2) is 35.1 Å². The number of nitrogens with two attached hydrogens (primary N) is 1. The van der Waals surface area contributed by atoms with Crippen LogP contribution in [0, 0.1) is 6.92 Å². The van der Waals surface area contributed by atoms with Crippen LogP contribution < -0.4 is 21.5 Å². The highest BCUT2D eigenvalue weighted by Gasteiger charge is 2.23. The molecule has 0 aliphatic carbocycles. The fraction of sp³-hybridized carbons (Fsp3) is 0.333. The number of H-pyrrole nitrogens is 1. The van der Waals surface area contributed by atoms with E-state index >= 15 is 0 Å². The molecule has 6 N–H and O–H groups in total. The van der Waals surface area contributed by atoms with E-state index in [1.807, 2.05) is 30.1 Å². The molecule has 11 heteroatoms. The number of amides is 1. The van der Waals surface area contributed by atoms with Crippen LogP contribution >= 0.6 is 11.3 Å². The lowest BCUT2D eigenvalue weighted by Gasteiger charge is -2.19. The predicted molar refractivity (Wildman–Crippen MR) is 121 cm³/mol. The number of fused-ring (bicyclic) bond motifs is 1. The quantitative estimate of drug-likeness (QED) is 0.283. The van der Waals surface area contributed by atoms with Crippen molar-refractivity contribution in [3.8, 4) is 0 Å². The molecule has 1 amide bonds. The van der Waals surface area contributed by atoms with Crippen molar-refractivity contribution in [1.29, 1.82) is 0 Å². The van der Waals surface area contributed by atoms with Crippen LogP contribution in [0.2, 0.25) is 0 Å². The van der Waals surface area contributed by atoms with Crippen LogP contribution in [0.5, 0.6) is 0 Å². The molecular weight excluding hydrogens is 434 g/mol. The fourth-order valence-corrected chi connectivity index (χ4v) is 4.20. The number of aromatic nitrogens is 2. The summed E-state index contributed by atoms with van der Waals surface area (Å²) in [5.74, 6) is -1.21. The van der Waals surface area contributed by atoms with Gasteiger partial charge in [0.05, 0.1) is 15.9 Å². The van der Waals surface area contributed by atoms with Gasteiger partial charge in [-0.1, -0.05) is 6.07 Å². The Bertz CT molecular complexity index is 1190. The second-order valence-corrected chi connectivity index (χ2v) is 8.59. The Kier molecular flexibility index (Phi) is 7.23. The first kappa shape index (κ1) is 23.4. The Balaban J connectivity index is 1.69. The number of hydrogen-bond donors (Lipinski definition) is 5. The van der Waals surface area contributed by atoms with Gasteiger partial charge in [0, 0.05) is 24.9 Å². The van der Waals surface area contributed by atoms with Crippen LogP contribution in [-0.2, 0) is 16.1 Å². The summed E-state index contributed by atoms with van der Waals surface area (Å²) in [6.07, 6.45) is -1.32. The van der Waals surface area contributed by atoms with Crippen molar-refractivity contribution in [3.05, 3.63) is 57.0 Å². The molecule has 0 saturated carbocycles. The molecule has 0 saturated heterocycles. The molecule has 10 nitrogen and oxygen atoms in total. The summed E-state index contributed by atoms with van der Waals surface area (Å²) in [4.78, 5) is 44.0. The minimum atomic E-state index is -1.20. The van der Waals surface area contributed by atoms with Crippen molar-refractivity contribution < 1.29 is 19.8 Å². The van der Waals surface area contributed by atoms with E-state index in [1.54, 1.807) is 19.1 Å². The minimum Gasteiger partial charge on any atom is -0.480 e. The molecule has 3 rings (SSSR count). The first-order valence-corrected chi connectivity index (χ1v) is 10.7. The van der Waals surface area contributed by atoms with E-state index in [4.69, 9.17) is 5.73 Å². The molecule has 0 bridgehead atoms. The van der Waals surface area contributed by atoms with Gasteiger partial charge in [-0.15, -0.1) is 11.3 Å². The number of aryl methyl sites for hydroxylation is 1. The molecular formula is C21H25N5O5S. The number of rotatable bonds is 10. The monoisotopic (exact) mass is 459 g/mol. The van der Waals surface area contributed by atoms with E-state index in [2.05, 4.69) is 15.3 Å². The van der Waals surface area contributed by atoms with E-state index < -0.39 is 24.1 Å². The number of aromatic amines is 1. The largest absolute Gasteiger partial charge is 0.480 e. The third-order valence-electron chi connectivity index (χ3n) is 4.90. The van der Waals surface area contributed by atoms with E-state index in [9.17, 15) is 24.6 Å². The molecule has 0 spiro atoms. The van der Waals surface area contributed by atoms with E-state index in [0.29, 0.717) is 28.1 Å². The summed E-state index contributed by atoms with van der Waals surface area (Å²) in [6, 6.07) is 7.95. The average Bonchev–Trinajstić information content (AvgIpc) is 3.21. The van der Waals surface area contributed by atoms with E-state index in [-0.39, 0.29) is 18.4 Å². The highest BCUT2D eigenvalue weighted by Crippen LogP contribution is 2.30. The van der Waals surface area contributed by atoms with Gasteiger partial charge in [0.1, 0.15) is 18.1 Å². The number of carbonyl (C=O) groups excluding carboxylic acids is 1. The smallest absolute Gasteiger partial charge is 0.320 e. The lowest BCUT2D eigenvalue weighted by Crippen LogP contribution is -2.39. The Morgan fingerprint density at radius 3 is 2.75 bits per heavy atom. The van der Waals surface area contributed by atoms with Gasteiger partial charge in [0.15, 0.2) is 0 Å². The number of nitrogens with zero attached hydrogens (tertiary/aromatic N) is 2. The zero-order chi connectivity index (χ0) is 23.4. The number of carboxylic acid groups (broad SMARTS) is 1. The first-order chi connectivity index (χ1) is 15.1. The predicted octanol–water partition coefficient (Wildman–Crippen LogP) is 1.23. The number of benzene rings is 1. The Morgan fingerprint density at radius 2 is 2.06 bits per heavy atom. The number of hydrogen-bond acceptors (Lipinski definition) is 8. The molecule has 2 heterocycles. The van der Waals surface area contributed by atoms with Crippen molar-refractivity contribution in [2.45, 2.75) is 38.6 Å². The minimum absolute atomic E-state index is 0.0185. The van der Waals surface area contributed by atoms with E-state index in [0.717, 1.165) is 10.6 Å². The van der Waals surface area contributed by atoms with E-state index in [1.165, 1.54) is 11.3 Å². The van der Waals surface area contributed by atoms with Gasteiger partial charge in [-0.3, -0.25) is 19.7 Å². The van der Waals surface area contributed by atoms with Gasteiger partial charge in [0.25, 0.3) is 5.56 Å². The molecule has 32 heavy (non-hydrogen) atoms. The Labute approximate surface area is 187 Å². The number of primary amides is 1. The molecule has 0 fully saturated rings. The summed E-state index contributed by atoms with van der Waals surface area (Å²) >= 11 is 1.30. The molecule has 1 unspecified atom stereocenters. The summed E-state index contributed by atoms with van der Waals surface area (Å²) in [5.41, 5.74) is 6.45. The second kappa shape index (κ2) is 9.90. The number of aliphatic hydroxyl groups excluding tert-OH is 1. The average molecular weight is 460 g/mol. The number of aliphatic hydroxyl groups is 1. The van der Waals surface area contributed by atoms with Crippen molar-refractivity contribution >= 4 is 39.1 Å². The molecule has 3 aromatic rings. The Morgan fingerprint density at radius 1 is 1.31 bits per heavy atom. The van der Waals surface area contributed by atoms with Gasteiger partial charge in [-0.05, 0) is 43.2 Å². The van der Waals surface area contributed by atoms with Crippen molar-refractivity contribution in [2.75, 3.05) is 11.9 Å². The molecule has 170 valence electrons. The van der Waals surface area contributed by atoms with Crippen LogP contribution in [0.4, 0.5) is 5.00 Å². The molecule has 2 aromatic heterocycles. The maximum atomic E-state index is 12.2. The second-order valence-electron chi connectivity index (χ2n) is 7.50. The van der Waals surface area contributed by atoms with Crippen molar-refractivity contribution in [1.82, 2.24) is 15.3 Å². The Hall–Kier alpha value is -3.28. The summed E-state index contributed by atoms with van der Waals surface area (Å²) < 4.78 is 0. The SMILES string of the molecule is Cc1nc2ccc(CN(C)c3ccc(C(O)N[C@@H](CCC(N)=O)C(=O)O)s3)cc2c(=O)[nH]1. The molecule has 0 radical (unpaired) electrons. The maximum Gasteiger partial charge on any atom is 0.320 e. The van der Waals surface area contributed by atoms with Crippen LogP contribution in [0.25, 0.3) is 10.9 Å². The fourth-order valence-electron chi connectivity index (χ4n) is 3.28. The summed E-state index contributed by atoms with van der Waals surface area (Å²) in [5, 5.41) is 23.7. The van der Waals surface area contributed by atoms with Gasteiger partial charge < -0.3 is 25.8 Å². The third-order valence-corrected chi connectivity index (χ3v) is 6.15. The number of carbonyl (C=O) groups is 2. The van der Waals surface area contributed by atoms with Crippen LogP contribution in [-0.4, -0.2) is 45.1 Å². The highest BCUT2D eigenvalue weighted by molar-refractivity contribution is 7.16. The van der Waals surface area contributed by atoms with Crippen LogP contribution in [0.1, 0.15) is 35.3 Å². The zero-order valence-corrected chi connectivity index (χ0v) is 18.5. The standard InChI is InChI=1S/C21H25N5O5S/c1-11-23-14-4-3-12(9-13(14)19(28)24-11)10-26(2)18-8-6-16(32-18)20(29)25-15(21(30)31)5-7-17(22)27/h3-4,6,8-9,15,20,25,29H,5,7,10H2,1-2H3,(H2,22,27)(H,30,31)(H,23,24,28)/t15-,20?/m0/s1. The van der Waals surface area contributed by atoms with Gasteiger partial charge in [-0.2, -0.15) is 0 Å². The number of nitrogens with one attached hydrogen (secondary N) is 2. The third kappa shape index (κ3) is 5.69. The summed E-state index contributed by atoms with van der Waals surface area (Å²) in [7, 11) is 1.88. The number of aliphatic carboxylic acids is 1. The van der Waals surface area contributed by atoms with Gasteiger partial charge in [-0.25, -0.2) is 4.98 Å². The molecule has 0 aliphatic rings. The first-order valence-electron chi connectivity index (χ1n) is 9.89. The topological polar surface area (TPSA) is 162 Å².